The number of ether oxygens (including phenoxy) is 1. The van der Waals surface area contributed by atoms with E-state index in [1.165, 1.54) is 0 Å². The molecule has 0 aliphatic heterocycles. The van der Waals surface area contributed by atoms with E-state index in [1.807, 2.05) is 13.8 Å². The van der Waals surface area contributed by atoms with Crippen LogP contribution in [0.1, 0.15) is 35.8 Å². The molecule has 1 aromatic rings. The second-order valence-electron chi connectivity index (χ2n) is 3.37. The highest BCUT2D eigenvalue weighted by atomic mass is 16.5. The second-order valence-corrected chi connectivity index (χ2v) is 3.37. The first-order valence-corrected chi connectivity index (χ1v) is 5.05. The summed E-state index contributed by atoms with van der Waals surface area (Å²) in [6.45, 7) is 4.29. The third kappa shape index (κ3) is 3.23. The zero-order valence-corrected chi connectivity index (χ0v) is 9.12. The summed E-state index contributed by atoms with van der Waals surface area (Å²) in [6, 6.07) is 3.39. The third-order valence-corrected chi connectivity index (χ3v) is 2.01. The van der Waals surface area contributed by atoms with Gasteiger partial charge in [0.1, 0.15) is 11.4 Å². The van der Waals surface area contributed by atoms with Crippen molar-refractivity contribution in [1.29, 1.82) is 0 Å². The molecule has 0 aliphatic rings. The van der Waals surface area contributed by atoms with E-state index in [-0.39, 0.29) is 5.82 Å². The molecular formula is C11H16N2O2. The van der Waals surface area contributed by atoms with Crippen molar-refractivity contribution in [3.05, 3.63) is 23.4 Å². The Balaban J connectivity index is 2.65. The summed E-state index contributed by atoms with van der Waals surface area (Å²) in [5.41, 5.74) is 6.75. The summed E-state index contributed by atoms with van der Waals surface area (Å²) in [7, 11) is 0. The van der Waals surface area contributed by atoms with Gasteiger partial charge in [0.2, 0.25) is 0 Å². The van der Waals surface area contributed by atoms with Gasteiger partial charge in [-0.05, 0) is 25.5 Å². The van der Waals surface area contributed by atoms with Gasteiger partial charge in [-0.2, -0.15) is 0 Å². The Hall–Kier alpha value is -1.58. The molecule has 4 nitrogen and oxygen atoms in total. The minimum Gasteiger partial charge on any atom is -0.462 e. The zero-order valence-electron chi connectivity index (χ0n) is 9.12. The van der Waals surface area contributed by atoms with E-state index in [0.717, 1.165) is 18.5 Å². The Bertz CT molecular complexity index is 350. The van der Waals surface area contributed by atoms with Gasteiger partial charge >= 0.3 is 5.97 Å². The fourth-order valence-electron chi connectivity index (χ4n) is 1.14. The van der Waals surface area contributed by atoms with Crippen LogP contribution in [0.2, 0.25) is 0 Å². The Kier molecular flexibility index (Phi) is 4.09. The lowest BCUT2D eigenvalue weighted by molar-refractivity contribution is 0.0500. The van der Waals surface area contributed by atoms with Crippen molar-refractivity contribution in [2.24, 2.45) is 0 Å². The number of aromatic nitrogens is 1. The molecular weight excluding hydrogens is 192 g/mol. The number of esters is 1. The van der Waals surface area contributed by atoms with E-state index < -0.39 is 5.97 Å². The summed E-state index contributed by atoms with van der Waals surface area (Å²) < 4.78 is 5.03. The molecule has 0 aromatic carbocycles. The molecule has 0 fully saturated rings. The topological polar surface area (TPSA) is 65.2 Å². The van der Waals surface area contributed by atoms with Crippen molar-refractivity contribution in [3.63, 3.8) is 0 Å². The number of nitrogens with two attached hydrogens (primary N) is 1. The van der Waals surface area contributed by atoms with Crippen LogP contribution in [0.15, 0.2) is 12.1 Å². The summed E-state index contributed by atoms with van der Waals surface area (Å²) in [5, 5.41) is 0. The number of pyridine rings is 1. The van der Waals surface area contributed by atoms with E-state index in [9.17, 15) is 4.79 Å². The zero-order chi connectivity index (χ0) is 11.3. The first-order chi connectivity index (χ1) is 7.15. The number of carbonyl (C=O) groups is 1. The summed E-state index contributed by atoms with van der Waals surface area (Å²) in [6.07, 6.45) is 1.86. The van der Waals surface area contributed by atoms with E-state index in [2.05, 4.69) is 4.98 Å². The Morgan fingerprint density at radius 1 is 1.53 bits per heavy atom. The van der Waals surface area contributed by atoms with Crippen LogP contribution in [-0.2, 0) is 4.74 Å². The van der Waals surface area contributed by atoms with Crippen LogP contribution in [0.4, 0.5) is 5.82 Å². The molecule has 1 heterocycles. The van der Waals surface area contributed by atoms with Crippen molar-refractivity contribution in [2.75, 3.05) is 12.3 Å². The molecule has 0 amide bonds. The fraction of sp³-hybridized carbons (Fsp3) is 0.455. The minimum absolute atomic E-state index is 0.233. The maximum absolute atomic E-state index is 11.5. The molecule has 0 radical (unpaired) electrons. The van der Waals surface area contributed by atoms with Gasteiger partial charge in [-0.3, -0.25) is 0 Å². The van der Waals surface area contributed by atoms with Crippen molar-refractivity contribution < 1.29 is 9.53 Å². The van der Waals surface area contributed by atoms with Gasteiger partial charge in [0.25, 0.3) is 0 Å². The predicted octanol–water partition coefficient (Wildman–Crippen LogP) is 1.93. The standard InChI is InChI=1S/C11H16N2O2/c1-3-4-7-15-11(14)9-6-5-8(2)13-10(9)12/h5-6H,3-4,7H2,1-2H3,(H2,12,13). The Morgan fingerprint density at radius 2 is 2.27 bits per heavy atom. The maximum Gasteiger partial charge on any atom is 0.341 e. The highest BCUT2D eigenvalue weighted by Crippen LogP contribution is 2.11. The van der Waals surface area contributed by atoms with Crippen LogP contribution in [-0.4, -0.2) is 17.6 Å². The lowest BCUT2D eigenvalue weighted by Crippen LogP contribution is -2.10. The molecule has 0 bridgehead atoms. The van der Waals surface area contributed by atoms with Crippen molar-refractivity contribution in [2.45, 2.75) is 26.7 Å². The molecule has 0 aliphatic carbocycles. The van der Waals surface area contributed by atoms with Gasteiger partial charge < -0.3 is 10.5 Å². The van der Waals surface area contributed by atoms with Gasteiger partial charge in [-0.25, -0.2) is 9.78 Å². The molecule has 4 heteroatoms. The number of hydrogen-bond acceptors (Lipinski definition) is 4. The highest BCUT2D eigenvalue weighted by Gasteiger charge is 2.11. The van der Waals surface area contributed by atoms with Crippen LogP contribution >= 0.6 is 0 Å². The quantitative estimate of drug-likeness (QED) is 0.606. The van der Waals surface area contributed by atoms with Gasteiger partial charge in [0.05, 0.1) is 6.61 Å². The van der Waals surface area contributed by atoms with E-state index in [0.29, 0.717) is 12.2 Å². The molecule has 0 saturated heterocycles. The number of hydrogen-bond donors (Lipinski definition) is 1. The molecule has 0 atom stereocenters. The molecule has 15 heavy (non-hydrogen) atoms. The normalized spacial score (nSPS) is 10.0. The summed E-state index contributed by atoms with van der Waals surface area (Å²) in [4.78, 5) is 15.5. The summed E-state index contributed by atoms with van der Waals surface area (Å²) >= 11 is 0. The molecule has 0 spiro atoms. The van der Waals surface area contributed by atoms with Crippen molar-refractivity contribution in [1.82, 2.24) is 4.98 Å². The number of nitrogen functional groups attached to an aromatic ring is 1. The Labute approximate surface area is 89.5 Å². The van der Waals surface area contributed by atoms with Crippen LogP contribution in [0.25, 0.3) is 0 Å². The number of carbonyl (C=O) groups excluding carboxylic acids is 1. The average Bonchev–Trinajstić information content (AvgIpc) is 2.17. The number of aryl methyl sites for hydroxylation is 1. The molecule has 0 unspecified atom stereocenters. The maximum atomic E-state index is 11.5. The van der Waals surface area contributed by atoms with Gasteiger partial charge in [-0.1, -0.05) is 13.3 Å². The van der Waals surface area contributed by atoms with Crippen molar-refractivity contribution in [3.8, 4) is 0 Å². The number of rotatable bonds is 4. The van der Waals surface area contributed by atoms with Gasteiger partial charge in [-0.15, -0.1) is 0 Å². The molecule has 1 rings (SSSR count). The Morgan fingerprint density at radius 3 is 2.87 bits per heavy atom. The minimum atomic E-state index is -0.395. The smallest absolute Gasteiger partial charge is 0.341 e. The average molecular weight is 208 g/mol. The van der Waals surface area contributed by atoms with Crippen LogP contribution in [0, 0.1) is 6.92 Å². The van der Waals surface area contributed by atoms with Crippen LogP contribution < -0.4 is 5.73 Å². The summed E-state index contributed by atoms with van der Waals surface area (Å²) in [5.74, 6) is -0.162. The molecule has 2 N–H and O–H groups in total. The third-order valence-electron chi connectivity index (χ3n) is 2.01. The first kappa shape index (κ1) is 11.5. The van der Waals surface area contributed by atoms with Gasteiger partial charge in [0.15, 0.2) is 0 Å². The number of anilines is 1. The van der Waals surface area contributed by atoms with E-state index >= 15 is 0 Å². The first-order valence-electron chi connectivity index (χ1n) is 5.05. The van der Waals surface area contributed by atoms with Crippen molar-refractivity contribution >= 4 is 11.8 Å². The molecule has 82 valence electrons. The largest absolute Gasteiger partial charge is 0.462 e. The second kappa shape index (κ2) is 5.34. The van der Waals surface area contributed by atoms with Gasteiger partial charge in [0, 0.05) is 5.69 Å². The monoisotopic (exact) mass is 208 g/mol. The van der Waals surface area contributed by atoms with Crippen LogP contribution in [0.3, 0.4) is 0 Å². The SMILES string of the molecule is CCCCOC(=O)c1ccc(C)nc1N. The van der Waals surface area contributed by atoms with Crippen LogP contribution in [0.5, 0.6) is 0 Å². The molecule has 1 aromatic heterocycles. The fourth-order valence-corrected chi connectivity index (χ4v) is 1.14. The van der Waals surface area contributed by atoms with E-state index in [1.54, 1.807) is 12.1 Å². The van der Waals surface area contributed by atoms with E-state index in [4.69, 9.17) is 10.5 Å². The predicted molar refractivity (Wildman–Crippen MR) is 58.6 cm³/mol. The number of unbranched alkanes of at least 4 members (excludes halogenated alkanes) is 1. The highest BCUT2D eigenvalue weighted by molar-refractivity contribution is 5.94. The molecule has 0 saturated carbocycles. The lowest BCUT2D eigenvalue weighted by Gasteiger charge is -2.06. The number of nitrogens with zero attached hydrogens (tertiary/aromatic N) is 1. The lowest BCUT2D eigenvalue weighted by atomic mass is 10.2.